The van der Waals surface area contributed by atoms with E-state index in [1.165, 1.54) is 0 Å². The zero-order chi connectivity index (χ0) is 10.7. The van der Waals surface area contributed by atoms with E-state index in [1.54, 1.807) is 0 Å². The maximum Gasteiger partial charge on any atom is 0.132 e. The van der Waals surface area contributed by atoms with Crippen LogP contribution in [0.5, 0.6) is 0 Å². The van der Waals surface area contributed by atoms with Crippen LogP contribution in [0, 0.1) is 6.08 Å². The second-order valence-electron chi connectivity index (χ2n) is 1.91. The summed E-state index contributed by atoms with van der Waals surface area (Å²) < 4.78 is 0. The Bertz CT molecular complexity index is 186. The molecular formula is C11H20NOW-. The molecule has 0 aliphatic heterocycles. The van der Waals surface area contributed by atoms with Crippen molar-refractivity contribution in [3.63, 3.8) is 0 Å². The van der Waals surface area contributed by atoms with E-state index in [0.717, 1.165) is 12.8 Å². The Morgan fingerprint density at radius 3 is 2.00 bits per heavy atom. The van der Waals surface area contributed by atoms with Gasteiger partial charge in [-0.25, -0.2) is 0 Å². The molecule has 0 aromatic rings. The van der Waals surface area contributed by atoms with E-state index in [4.69, 9.17) is 5.73 Å². The molecule has 0 fully saturated rings. The monoisotopic (exact) mass is 366 g/mol. The maximum absolute atomic E-state index is 10.4. The van der Waals surface area contributed by atoms with E-state index < -0.39 is 0 Å². The standard InChI is InChI=1S/C7H8NO.2C2H6.W/c8-7(9)6-4-2-1-3-5-6;2*1-2;/h2,5H,1,3H2,(H2,8,9);2*1-2H3;/q-1;;;. The molecule has 1 aliphatic carbocycles. The number of nitrogens with two attached hydrogens (primary N) is 1. The third-order valence-corrected chi connectivity index (χ3v) is 1.18. The van der Waals surface area contributed by atoms with Crippen LogP contribution < -0.4 is 5.73 Å². The molecule has 2 nitrogen and oxygen atoms in total. The first kappa shape index (κ1) is 19.2. The first-order chi connectivity index (χ1) is 6.30. The van der Waals surface area contributed by atoms with Crippen molar-refractivity contribution in [2.75, 3.05) is 0 Å². The molecule has 3 heteroatoms. The molecule has 82 valence electrons. The zero-order valence-electron chi connectivity index (χ0n) is 9.46. The van der Waals surface area contributed by atoms with Gasteiger partial charge in [0, 0.05) is 21.1 Å². The van der Waals surface area contributed by atoms with Crippen molar-refractivity contribution in [1.29, 1.82) is 0 Å². The SMILES string of the molecule is CC.CC.NC(=O)C1=CCCC=[C-]1.[W]. The van der Waals surface area contributed by atoms with Gasteiger partial charge >= 0.3 is 0 Å². The summed E-state index contributed by atoms with van der Waals surface area (Å²) in [5.41, 5.74) is 5.49. The van der Waals surface area contributed by atoms with Gasteiger partial charge in [-0.05, 0) is 0 Å². The number of carbonyl (C=O) groups is 1. The molecule has 1 rings (SSSR count). The summed E-state index contributed by atoms with van der Waals surface area (Å²) in [7, 11) is 0. The molecule has 1 amide bonds. The van der Waals surface area contributed by atoms with E-state index in [0.29, 0.717) is 5.57 Å². The molecule has 0 unspecified atom stereocenters. The minimum Gasteiger partial charge on any atom is -0.418 e. The molecule has 0 aromatic heterocycles. The Labute approximate surface area is 102 Å². The topological polar surface area (TPSA) is 43.1 Å². The molecule has 0 saturated heterocycles. The largest absolute Gasteiger partial charge is 0.418 e. The van der Waals surface area contributed by atoms with E-state index in [-0.39, 0.29) is 27.0 Å². The van der Waals surface area contributed by atoms with Crippen molar-refractivity contribution >= 4 is 5.91 Å². The number of amides is 1. The first-order valence-electron chi connectivity index (χ1n) is 4.89. The Balaban J connectivity index is -0.000000216. The fourth-order valence-corrected chi connectivity index (χ4v) is 0.724. The Morgan fingerprint density at radius 2 is 1.79 bits per heavy atom. The van der Waals surface area contributed by atoms with Crippen molar-refractivity contribution in [3.8, 4) is 0 Å². The molecule has 1 aliphatic rings. The number of hydrogen-bond acceptors (Lipinski definition) is 1. The van der Waals surface area contributed by atoms with Crippen molar-refractivity contribution in [3.05, 3.63) is 23.8 Å². The molecule has 14 heavy (non-hydrogen) atoms. The molecule has 0 atom stereocenters. The average molecular weight is 366 g/mol. The number of hydrogen-bond donors (Lipinski definition) is 1. The van der Waals surface area contributed by atoms with Gasteiger partial charge in [-0.1, -0.05) is 40.5 Å². The number of primary amides is 1. The quantitative estimate of drug-likeness (QED) is 0.713. The Hall–Kier alpha value is -0.362. The van der Waals surface area contributed by atoms with Crippen molar-refractivity contribution in [2.24, 2.45) is 5.73 Å². The molecule has 2 N–H and O–H groups in total. The summed E-state index contributed by atoms with van der Waals surface area (Å²) in [6.07, 6.45) is 8.30. The van der Waals surface area contributed by atoms with Gasteiger partial charge in [0.25, 0.3) is 0 Å². The molecule has 0 heterocycles. The third-order valence-electron chi connectivity index (χ3n) is 1.18. The normalized spacial score (nSPS) is 11.9. The van der Waals surface area contributed by atoms with Gasteiger partial charge < -0.3 is 10.5 Å². The van der Waals surface area contributed by atoms with Gasteiger partial charge in [-0.2, -0.15) is 12.2 Å². The van der Waals surface area contributed by atoms with Gasteiger partial charge in [-0.15, -0.1) is 11.6 Å². The molecular weight excluding hydrogens is 346 g/mol. The van der Waals surface area contributed by atoms with Crippen LogP contribution >= 0.6 is 0 Å². The third kappa shape index (κ3) is 9.72. The number of allylic oxidation sites excluding steroid dienone is 2. The predicted molar refractivity (Wildman–Crippen MR) is 57.0 cm³/mol. The summed E-state index contributed by atoms with van der Waals surface area (Å²) in [6, 6.07) is 0. The van der Waals surface area contributed by atoms with Crippen LogP contribution in [0.1, 0.15) is 40.5 Å². The van der Waals surface area contributed by atoms with Crippen LogP contribution in [0.25, 0.3) is 0 Å². The maximum atomic E-state index is 10.4. The first-order valence-corrected chi connectivity index (χ1v) is 4.89. The second kappa shape index (κ2) is 15.1. The molecule has 0 aromatic carbocycles. The summed E-state index contributed by atoms with van der Waals surface area (Å²) in [5, 5.41) is 0. The fourth-order valence-electron chi connectivity index (χ4n) is 0.724. The van der Waals surface area contributed by atoms with E-state index >= 15 is 0 Å². The van der Waals surface area contributed by atoms with Crippen LogP contribution in [0.4, 0.5) is 0 Å². The van der Waals surface area contributed by atoms with Crippen molar-refractivity contribution < 1.29 is 25.9 Å². The van der Waals surface area contributed by atoms with Gasteiger partial charge in [0.05, 0.1) is 0 Å². The second-order valence-corrected chi connectivity index (χ2v) is 1.91. The predicted octanol–water partition coefficient (Wildman–Crippen LogP) is 2.60. The summed E-state index contributed by atoms with van der Waals surface area (Å²) in [6.45, 7) is 8.00. The summed E-state index contributed by atoms with van der Waals surface area (Å²) >= 11 is 0. The summed E-state index contributed by atoms with van der Waals surface area (Å²) in [5.74, 6) is -0.383. The molecule has 0 bridgehead atoms. The Kier molecular flexibility index (Phi) is 20.8. The smallest absolute Gasteiger partial charge is 0.132 e. The fraction of sp³-hybridized carbons (Fsp3) is 0.545. The van der Waals surface area contributed by atoms with Crippen LogP contribution in [0.2, 0.25) is 0 Å². The van der Waals surface area contributed by atoms with Gasteiger partial charge in [0.15, 0.2) is 0 Å². The van der Waals surface area contributed by atoms with E-state index in [1.807, 2.05) is 39.8 Å². The van der Waals surface area contributed by atoms with Crippen LogP contribution in [-0.2, 0) is 25.9 Å². The van der Waals surface area contributed by atoms with E-state index in [9.17, 15) is 4.79 Å². The minimum absolute atomic E-state index is 0. The average Bonchev–Trinajstić information content (AvgIpc) is 2.25. The minimum atomic E-state index is -0.383. The number of carbonyl (C=O) groups excluding carboxylic acids is 1. The summed E-state index contributed by atoms with van der Waals surface area (Å²) in [4.78, 5) is 10.4. The van der Waals surface area contributed by atoms with Gasteiger partial charge in [-0.3, -0.25) is 0 Å². The number of rotatable bonds is 1. The van der Waals surface area contributed by atoms with Crippen LogP contribution in [0.3, 0.4) is 0 Å². The molecule has 0 spiro atoms. The van der Waals surface area contributed by atoms with Crippen molar-refractivity contribution in [1.82, 2.24) is 0 Å². The van der Waals surface area contributed by atoms with Crippen molar-refractivity contribution in [2.45, 2.75) is 40.5 Å². The molecule has 0 radical (unpaired) electrons. The van der Waals surface area contributed by atoms with Gasteiger partial charge in [0.2, 0.25) is 0 Å². The zero-order valence-corrected chi connectivity index (χ0v) is 12.4. The van der Waals surface area contributed by atoms with Gasteiger partial charge in [0.1, 0.15) is 5.91 Å². The van der Waals surface area contributed by atoms with Crippen LogP contribution in [0.15, 0.2) is 17.7 Å². The Morgan fingerprint density at radius 1 is 1.29 bits per heavy atom. The molecule has 0 saturated carbocycles. The van der Waals surface area contributed by atoms with Crippen LogP contribution in [-0.4, -0.2) is 5.91 Å². The van der Waals surface area contributed by atoms with E-state index in [2.05, 4.69) is 6.08 Å².